The SMILES string of the molecule is O=C(O[C@H]1C[C@H](OC(=O)C(F)(F)F)[C@H](OC(=O)C(F)(F)F)C[C@H]1OC(=O)C(F)(F)F)C(F)(F)F. The molecule has 0 N–H and O–H groups in total. The molecule has 0 spiro atoms. The number of alkyl halides is 12. The lowest BCUT2D eigenvalue weighted by atomic mass is 9.89. The number of hydrogen-bond donors (Lipinski definition) is 0. The van der Waals surface area contributed by atoms with Gasteiger partial charge in [0.15, 0.2) is 0 Å². The van der Waals surface area contributed by atoms with Gasteiger partial charge in [0.1, 0.15) is 24.4 Å². The second-order valence-electron chi connectivity index (χ2n) is 6.24. The molecule has 1 saturated carbocycles. The maximum absolute atomic E-state index is 12.4. The Balaban J connectivity index is 3.34. The summed E-state index contributed by atoms with van der Waals surface area (Å²) in [6.45, 7) is 0. The zero-order valence-electron chi connectivity index (χ0n) is 15.5. The van der Waals surface area contributed by atoms with Crippen molar-refractivity contribution in [3.8, 4) is 0 Å². The fourth-order valence-corrected chi connectivity index (χ4v) is 2.38. The van der Waals surface area contributed by atoms with Gasteiger partial charge >= 0.3 is 48.6 Å². The van der Waals surface area contributed by atoms with E-state index in [1.165, 1.54) is 0 Å². The largest absolute Gasteiger partial charge is 0.490 e. The molecule has 0 saturated heterocycles. The summed E-state index contributed by atoms with van der Waals surface area (Å²) in [7, 11) is 0. The van der Waals surface area contributed by atoms with Crippen molar-refractivity contribution >= 4 is 23.9 Å². The Morgan fingerprint density at radius 3 is 0.676 bits per heavy atom. The van der Waals surface area contributed by atoms with Crippen molar-refractivity contribution in [2.24, 2.45) is 0 Å². The predicted octanol–water partition coefficient (Wildman–Crippen LogP) is 2.68. The van der Waals surface area contributed by atoms with Gasteiger partial charge in [0.25, 0.3) is 0 Å². The van der Waals surface area contributed by atoms with Crippen LogP contribution in [-0.4, -0.2) is 73.0 Å². The van der Waals surface area contributed by atoms with E-state index in [-0.39, 0.29) is 0 Å². The lowest BCUT2D eigenvalue weighted by Gasteiger charge is -2.39. The van der Waals surface area contributed by atoms with E-state index in [0.717, 1.165) is 0 Å². The molecule has 0 aromatic rings. The van der Waals surface area contributed by atoms with Gasteiger partial charge in [0.05, 0.1) is 0 Å². The number of ether oxygens (including phenoxy) is 4. The van der Waals surface area contributed by atoms with E-state index in [1.54, 1.807) is 0 Å². The Labute approximate surface area is 178 Å². The molecule has 0 aromatic heterocycles. The van der Waals surface area contributed by atoms with Crippen molar-refractivity contribution in [3.63, 3.8) is 0 Å². The molecule has 0 bridgehead atoms. The maximum Gasteiger partial charge on any atom is 0.490 e. The Bertz CT molecular complexity index is 666. The molecule has 196 valence electrons. The average Bonchev–Trinajstić information content (AvgIpc) is 2.61. The first-order valence-corrected chi connectivity index (χ1v) is 8.14. The minimum atomic E-state index is -5.84. The summed E-state index contributed by atoms with van der Waals surface area (Å²) in [6.07, 6.45) is -37.7. The fraction of sp³-hybridized carbons (Fsp3) is 0.714. The summed E-state index contributed by atoms with van der Waals surface area (Å²) in [6, 6.07) is 0. The number of esters is 4. The van der Waals surface area contributed by atoms with E-state index < -0.39 is 85.8 Å². The first kappa shape index (κ1) is 29.1. The van der Waals surface area contributed by atoms with Gasteiger partial charge in [0, 0.05) is 12.8 Å². The molecule has 20 heteroatoms. The van der Waals surface area contributed by atoms with Gasteiger partial charge in [-0.3, -0.25) is 0 Å². The van der Waals surface area contributed by atoms with E-state index in [2.05, 4.69) is 18.9 Å². The highest BCUT2D eigenvalue weighted by Gasteiger charge is 2.54. The fourth-order valence-electron chi connectivity index (χ4n) is 2.38. The Kier molecular flexibility index (Phi) is 8.32. The van der Waals surface area contributed by atoms with Gasteiger partial charge in [0.2, 0.25) is 0 Å². The zero-order chi connectivity index (χ0) is 26.9. The standard InChI is InChI=1S/C14H8F12O8/c15-11(16,17)7(27)31-3-1-4(32-8(28)12(18,19)20)6(34-10(30)14(24,25)26)2-5(3)33-9(29)13(21,22)23/h3-6H,1-2H2/t3-,4-,5+,6+. The second kappa shape index (κ2) is 9.72. The highest BCUT2D eigenvalue weighted by atomic mass is 19.4. The molecule has 4 atom stereocenters. The van der Waals surface area contributed by atoms with E-state index in [9.17, 15) is 71.9 Å². The van der Waals surface area contributed by atoms with Crippen LogP contribution >= 0.6 is 0 Å². The van der Waals surface area contributed by atoms with Crippen LogP contribution < -0.4 is 0 Å². The molecule has 0 amide bonds. The van der Waals surface area contributed by atoms with E-state index in [1.807, 2.05) is 0 Å². The third-order valence-electron chi connectivity index (χ3n) is 3.72. The summed E-state index contributed by atoms with van der Waals surface area (Å²) < 4.78 is 164. The van der Waals surface area contributed by atoms with Gasteiger partial charge < -0.3 is 18.9 Å². The van der Waals surface area contributed by atoms with Crippen LogP contribution in [0.15, 0.2) is 0 Å². The van der Waals surface area contributed by atoms with E-state index >= 15 is 0 Å². The molecule has 0 aromatic carbocycles. The summed E-state index contributed by atoms with van der Waals surface area (Å²) >= 11 is 0. The Morgan fingerprint density at radius 2 is 0.559 bits per heavy atom. The van der Waals surface area contributed by atoms with Crippen LogP contribution in [0.25, 0.3) is 0 Å². The van der Waals surface area contributed by atoms with Crippen molar-refractivity contribution in [3.05, 3.63) is 0 Å². The third-order valence-corrected chi connectivity index (χ3v) is 3.72. The minimum Gasteiger partial charge on any atom is -0.452 e. The van der Waals surface area contributed by atoms with Crippen LogP contribution in [0.2, 0.25) is 0 Å². The third kappa shape index (κ3) is 8.12. The van der Waals surface area contributed by atoms with Crippen LogP contribution in [0.5, 0.6) is 0 Å². The summed E-state index contributed by atoms with van der Waals surface area (Å²) in [4.78, 5) is 44.0. The summed E-state index contributed by atoms with van der Waals surface area (Å²) in [5.41, 5.74) is 0. The lowest BCUT2D eigenvalue weighted by Crippen LogP contribution is -2.54. The Morgan fingerprint density at radius 1 is 0.412 bits per heavy atom. The molecule has 0 heterocycles. The van der Waals surface area contributed by atoms with Crippen LogP contribution in [-0.2, 0) is 38.1 Å². The number of carbonyl (C=O) groups excluding carboxylic acids is 4. The Hall–Kier alpha value is -2.96. The monoisotopic (exact) mass is 532 g/mol. The van der Waals surface area contributed by atoms with Gasteiger partial charge in [-0.1, -0.05) is 0 Å². The highest BCUT2D eigenvalue weighted by Crippen LogP contribution is 2.34. The predicted molar refractivity (Wildman–Crippen MR) is 73.0 cm³/mol. The molecule has 0 unspecified atom stereocenters. The zero-order valence-corrected chi connectivity index (χ0v) is 15.5. The number of carbonyl (C=O) groups is 4. The van der Waals surface area contributed by atoms with Crippen molar-refractivity contribution < 1.29 is 90.8 Å². The molecule has 8 nitrogen and oxygen atoms in total. The van der Waals surface area contributed by atoms with Crippen molar-refractivity contribution in [2.75, 3.05) is 0 Å². The number of halogens is 12. The van der Waals surface area contributed by atoms with Gasteiger partial charge in [-0.2, -0.15) is 52.7 Å². The van der Waals surface area contributed by atoms with Crippen LogP contribution in [0.3, 0.4) is 0 Å². The molecular weight excluding hydrogens is 524 g/mol. The maximum atomic E-state index is 12.4. The van der Waals surface area contributed by atoms with E-state index in [0.29, 0.717) is 0 Å². The van der Waals surface area contributed by atoms with Crippen LogP contribution in [0, 0.1) is 0 Å². The molecular formula is C14H8F12O8. The van der Waals surface area contributed by atoms with Crippen molar-refractivity contribution in [2.45, 2.75) is 62.0 Å². The first-order valence-electron chi connectivity index (χ1n) is 8.14. The quantitative estimate of drug-likeness (QED) is 0.310. The topological polar surface area (TPSA) is 105 Å². The molecule has 1 aliphatic carbocycles. The van der Waals surface area contributed by atoms with Crippen molar-refractivity contribution in [1.82, 2.24) is 0 Å². The van der Waals surface area contributed by atoms with Gasteiger partial charge in [-0.15, -0.1) is 0 Å². The number of hydrogen-bond acceptors (Lipinski definition) is 8. The summed E-state index contributed by atoms with van der Waals surface area (Å²) in [5, 5.41) is 0. The summed E-state index contributed by atoms with van der Waals surface area (Å²) in [5.74, 6) is -12.6. The molecule has 1 aliphatic rings. The second-order valence-corrected chi connectivity index (χ2v) is 6.24. The smallest absolute Gasteiger partial charge is 0.452 e. The molecule has 34 heavy (non-hydrogen) atoms. The highest BCUT2D eigenvalue weighted by molar-refractivity contribution is 5.78. The van der Waals surface area contributed by atoms with Crippen LogP contribution in [0.1, 0.15) is 12.8 Å². The average molecular weight is 532 g/mol. The van der Waals surface area contributed by atoms with Crippen LogP contribution in [0.4, 0.5) is 52.7 Å². The molecule has 0 aliphatic heterocycles. The lowest BCUT2D eigenvalue weighted by molar-refractivity contribution is -0.244. The molecule has 1 rings (SSSR count). The van der Waals surface area contributed by atoms with Gasteiger partial charge in [-0.05, 0) is 0 Å². The molecule has 1 fully saturated rings. The van der Waals surface area contributed by atoms with Gasteiger partial charge in [-0.25, -0.2) is 19.2 Å². The molecule has 0 radical (unpaired) electrons. The van der Waals surface area contributed by atoms with Crippen molar-refractivity contribution in [1.29, 1.82) is 0 Å². The number of rotatable bonds is 4. The minimum absolute atomic E-state index is 1.70. The first-order chi connectivity index (χ1) is 15.0. The normalized spacial score (nSPS) is 24.1. The van der Waals surface area contributed by atoms with E-state index in [4.69, 9.17) is 0 Å².